The van der Waals surface area contributed by atoms with Crippen molar-refractivity contribution in [3.63, 3.8) is 0 Å². The molecule has 3 aromatic rings. The Kier molecular flexibility index (Phi) is 8.31. The largest absolute Gasteiger partial charge is 0.492 e. The number of hydrogen-bond acceptors (Lipinski definition) is 6. The van der Waals surface area contributed by atoms with Gasteiger partial charge < -0.3 is 14.8 Å². The van der Waals surface area contributed by atoms with Crippen LogP contribution in [0.2, 0.25) is 0 Å². The zero-order chi connectivity index (χ0) is 23.6. The Labute approximate surface area is 198 Å². The fourth-order valence-corrected chi connectivity index (χ4v) is 3.14. The third kappa shape index (κ3) is 6.75. The summed E-state index contributed by atoms with van der Waals surface area (Å²) in [5.74, 6) is -1.60. The Bertz CT molecular complexity index is 1200. The quantitative estimate of drug-likeness (QED) is 0.163. The second kappa shape index (κ2) is 11.6. The molecule has 0 aliphatic rings. The number of anilines is 1. The van der Waals surface area contributed by atoms with Gasteiger partial charge in [-0.2, -0.15) is 5.10 Å². The van der Waals surface area contributed by atoms with Gasteiger partial charge in [0.1, 0.15) is 11.5 Å². The van der Waals surface area contributed by atoms with Crippen molar-refractivity contribution in [1.82, 2.24) is 5.43 Å². The number of ether oxygens (including phenoxy) is 2. The van der Waals surface area contributed by atoms with Gasteiger partial charge in [-0.25, -0.2) is 10.2 Å². The molecule has 2 amide bonds. The molecule has 0 saturated heterocycles. The molecule has 0 aliphatic carbocycles. The summed E-state index contributed by atoms with van der Waals surface area (Å²) in [6.07, 6.45) is 1.33. The third-order valence-electron chi connectivity index (χ3n) is 4.18. The molecule has 0 aliphatic heterocycles. The molecular formula is C24H20BrN3O5. The van der Waals surface area contributed by atoms with Gasteiger partial charge in [-0.3, -0.25) is 9.59 Å². The minimum atomic E-state index is -0.950. The number of benzene rings is 3. The van der Waals surface area contributed by atoms with Crippen molar-refractivity contribution in [1.29, 1.82) is 0 Å². The lowest BCUT2D eigenvalue weighted by Crippen LogP contribution is -2.32. The van der Waals surface area contributed by atoms with Gasteiger partial charge in [-0.05, 0) is 64.8 Å². The van der Waals surface area contributed by atoms with Crippen molar-refractivity contribution in [2.75, 3.05) is 11.9 Å². The van der Waals surface area contributed by atoms with E-state index in [9.17, 15) is 14.4 Å². The van der Waals surface area contributed by atoms with Gasteiger partial charge in [0.15, 0.2) is 0 Å². The van der Waals surface area contributed by atoms with E-state index in [1.807, 2.05) is 6.92 Å². The first-order valence-electron chi connectivity index (χ1n) is 9.91. The first-order chi connectivity index (χ1) is 16.0. The SMILES string of the molecule is CCOc1ccccc1NC(=O)C(=O)N/N=C/c1cccc(OC(=O)c2ccccc2Br)c1. The molecule has 2 N–H and O–H groups in total. The maximum Gasteiger partial charge on any atom is 0.344 e. The maximum atomic E-state index is 12.3. The molecule has 0 unspecified atom stereocenters. The van der Waals surface area contributed by atoms with Gasteiger partial charge >= 0.3 is 17.8 Å². The van der Waals surface area contributed by atoms with E-state index in [0.29, 0.717) is 39.4 Å². The van der Waals surface area contributed by atoms with Crippen molar-refractivity contribution in [3.05, 3.63) is 88.4 Å². The van der Waals surface area contributed by atoms with Crippen LogP contribution in [0.15, 0.2) is 82.4 Å². The predicted octanol–water partition coefficient (Wildman–Crippen LogP) is 4.16. The molecule has 9 heteroatoms. The lowest BCUT2D eigenvalue weighted by Gasteiger charge is -2.10. The number of carbonyl (C=O) groups excluding carboxylic acids is 3. The molecule has 0 spiro atoms. The number of carbonyl (C=O) groups is 3. The minimum absolute atomic E-state index is 0.302. The number of para-hydroxylation sites is 2. The lowest BCUT2D eigenvalue weighted by atomic mass is 10.2. The topological polar surface area (TPSA) is 106 Å². The molecule has 0 heterocycles. The van der Waals surface area contributed by atoms with Crippen molar-refractivity contribution in [3.8, 4) is 11.5 Å². The average molecular weight is 510 g/mol. The molecule has 3 aromatic carbocycles. The van der Waals surface area contributed by atoms with Crippen LogP contribution in [-0.2, 0) is 9.59 Å². The Morgan fingerprint density at radius 2 is 1.73 bits per heavy atom. The molecular weight excluding hydrogens is 490 g/mol. The summed E-state index contributed by atoms with van der Waals surface area (Å²) in [7, 11) is 0. The number of esters is 1. The lowest BCUT2D eigenvalue weighted by molar-refractivity contribution is -0.136. The summed E-state index contributed by atoms with van der Waals surface area (Å²) in [5, 5.41) is 6.27. The van der Waals surface area contributed by atoms with Crippen molar-refractivity contribution < 1.29 is 23.9 Å². The Morgan fingerprint density at radius 1 is 0.970 bits per heavy atom. The average Bonchev–Trinajstić information content (AvgIpc) is 2.81. The van der Waals surface area contributed by atoms with Crippen LogP contribution >= 0.6 is 15.9 Å². The van der Waals surface area contributed by atoms with Gasteiger partial charge in [0, 0.05) is 4.47 Å². The monoisotopic (exact) mass is 509 g/mol. The van der Waals surface area contributed by atoms with E-state index in [1.54, 1.807) is 72.8 Å². The molecule has 0 saturated carbocycles. The Hall–Kier alpha value is -3.98. The van der Waals surface area contributed by atoms with Crippen molar-refractivity contribution >= 4 is 45.6 Å². The smallest absolute Gasteiger partial charge is 0.344 e. The molecule has 8 nitrogen and oxygen atoms in total. The van der Waals surface area contributed by atoms with Crippen LogP contribution < -0.4 is 20.2 Å². The second-order valence-electron chi connectivity index (χ2n) is 6.52. The summed E-state index contributed by atoms with van der Waals surface area (Å²) < 4.78 is 11.4. The van der Waals surface area contributed by atoms with E-state index in [1.165, 1.54) is 6.21 Å². The Balaban J connectivity index is 1.58. The van der Waals surface area contributed by atoms with E-state index in [0.717, 1.165) is 0 Å². The van der Waals surface area contributed by atoms with Gasteiger partial charge in [0.25, 0.3) is 0 Å². The van der Waals surface area contributed by atoms with Gasteiger partial charge in [0.2, 0.25) is 0 Å². The number of hydrogen-bond donors (Lipinski definition) is 2. The van der Waals surface area contributed by atoms with E-state index >= 15 is 0 Å². The van der Waals surface area contributed by atoms with Crippen LogP contribution in [0.5, 0.6) is 11.5 Å². The molecule has 3 rings (SSSR count). The highest BCUT2D eigenvalue weighted by Gasteiger charge is 2.15. The fourth-order valence-electron chi connectivity index (χ4n) is 2.69. The summed E-state index contributed by atoms with van der Waals surface area (Å²) in [6.45, 7) is 2.23. The zero-order valence-corrected chi connectivity index (χ0v) is 19.2. The zero-order valence-electron chi connectivity index (χ0n) is 17.6. The number of hydrazone groups is 1. The molecule has 0 atom stereocenters. The number of nitrogens with zero attached hydrogens (tertiary/aromatic N) is 1. The van der Waals surface area contributed by atoms with Crippen LogP contribution in [0, 0.1) is 0 Å². The highest BCUT2D eigenvalue weighted by molar-refractivity contribution is 9.10. The third-order valence-corrected chi connectivity index (χ3v) is 4.87. The molecule has 0 radical (unpaired) electrons. The van der Waals surface area contributed by atoms with Gasteiger partial charge in [0.05, 0.1) is 24.1 Å². The van der Waals surface area contributed by atoms with Crippen LogP contribution in [0.1, 0.15) is 22.8 Å². The highest BCUT2D eigenvalue weighted by Crippen LogP contribution is 2.23. The first kappa shape index (κ1) is 23.7. The van der Waals surface area contributed by atoms with Crippen LogP contribution in [-0.4, -0.2) is 30.6 Å². The first-order valence-corrected chi connectivity index (χ1v) is 10.7. The minimum Gasteiger partial charge on any atom is -0.492 e. The molecule has 33 heavy (non-hydrogen) atoms. The summed E-state index contributed by atoms with van der Waals surface area (Å²) >= 11 is 3.31. The normalized spacial score (nSPS) is 10.5. The number of halogens is 1. The molecule has 168 valence electrons. The highest BCUT2D eigenvalue weighted by atomic mass is 79.9. The second-order valence-corrected chi connectivity index (χ2v) is 7.38. The van der Waals surface area contributed by atoms with Crippen molar-refractivity contribution in [2.45, 2.75) is 6.92 Å². The van der Waals surface area contributed by atoms with E-state index < -0.39 is 17.8 Å². The van der Waals surface area contributed by atoms with Crippen LogP contribution in [0.25, 0.3) is 0 Å². The van der Waals surface area contributed by atoms with Gasteiger partial charge in [-0.1, -0.05) is 36.4 Å². The summed E-state index contributed by atoms with van der Waals surface area (Å²) in [4.78, 5) is 36.5. The van der Waals surface area contributed by atoms with E-state index in [4.69, 9.17) is 9.47 Å². The van der Waals surface area contributed by atoms with Crippen molar-refractivity contribution in [2.24, 2.45) is 5.10 Å². The maximum absolute atomic E-state index is 12.3. The number of rotatable bonds is 7. The fraction of sp³-hybridized carbons (Fsp3) is 0.0833. The summed E-state index contributed by atoms with van der Waals surface area (Å²) in [6, 6.07) is 20.3. The van der Waals surface area contributed by atoms with E-state index in [2.05, 4.69) is 31.8 Å². The molecule has 0 fully saturated rings. The van der Waals surface area contributed by atoms with E-state index in [-0.39, 0.29) is 0 Å². The van der Waals surface area contributed by atoms with Gasteiger partial charge in [-0.15, -0.1) is 0 Å². The predicted molar refractivity (Wildman–Crippen MR) is 128 cm³/mol. The number of amides is 2. The summed E-state index contributed by atoms with van der Waals surface area (Å²) in [5.41, 5.74) is 3.48. The number of nitrogens with one attached hydrogen (secondary N) is 2. The molecule has 0 bridgehead atoms. The Morgan fingerprint density at radius 3 is 2.52 bits per heavy atom. The van der Waals surface area contributed by atoms with Crippen LogP contribution in [0.3, 0.4) is 0 Å². The standard InChI is InChI=1S/C24H20BrN3O5/c1-2-32-21-13-6-5-12-20(21)27-22(29)23(30)28-26-15-16-8-7-9-17(14-16)33-24(31)18-10-3-4-11-19(18)25/h3-15H,2H2,1H3,(H,27,29)(H,28,30)/b26-15+. The van der Waals surface area contributed by atoms with Crippen LogP contribution in [0.4, 0.5) is 5.69 Å². The molecule has 0 aromatic heterocycles.